The van der Waals surface area contributed by atoms with Gasteiger partial charge in [0.1, 0.15) is 11.9 Å². The normalized spacial score (nSPS) is 22.2. The highest BCUT2D eigenvalue weighted by Crippen LogP contribution is 2.27. The topological polar surface area (TPSA) is 56.2 Å². The molecule has 1 unspecified atom stereocenters. The van der Waals surface area contributed by atoms with Crippen molar-refractivity contribution in [2.24, 2.45) is 0 Å². The number of carbonyl (C=O) groups is 1. The second-order valence-corrected chi connectivity index (χ2v) is 3.85. The second-order valence-electron chi connectivity index (χ2n) is 2.87. The second kappa shape index (κ2) is 2.85. The minimum Gasteiger partial charge on any atom is -0.312 e. The van der Waals surface area contributed by atoms with E-state index in [1.54, 1.807) is 18.4 Å². The van der Waals surface area contributed by atoms with Crippen LogP contribution in [0, 0.1) is 5.41 Å². The van der Waals surface area contributed by atoms with Crippen LogP contribution in [-0.2, 0) is 0 Å². The Labute approximate surface area is 79.7 Å². The molecule has 1 aromatic heterocycles. The molecule has 2 heterocycles. The number of amidine groups is 1. The van der Waals surface area contributed by atoms with E-state index in [4.69, 9.17) is 5.41 Å². The van der Waals surface area contributed by atoms with Crippen LogP contribution in [0.25, 0.3) is 0 Å². The molecule has 5 heteroatoms. The number of hydrogen-bond acceptors (Lipinski definition) is 3. The zero-order chi connectivity index (χ0) is 9.42. The number of thiophene rings is 1. The van der Waals surface area contributed by atoms with Crippen molar-refractivity contribution in [3.8, 4) is 0 Å². The molecule has 1 fully saturated rings. The number of amides is 2. The SMILES string of the molecule is CN1C(=O)NC(=N)C1c1cccs1. The first-order valence-electron chi connectivity index (χ1n) is 3.86. The quantitative estimate of drug-likeness (QED) is 0.699. The molecule has 1 aliphatic rings. The zero-order valence-electron chi connectivity index (χ0n) is 7.07. The third kappa shape index (κ3) is 1.21. The molecule has 13 heavy (non-hydrogen) atoms. The molecule has 2 N–H and O–H groups in total. The summed E-state index contributed by atoms with van der Waals surface area (Å²) in [7, 11) is 1.70. The summed E-state index contributed by atoms with van der Waals surface area (Å²) in [6, 6.07) is 3.43. The third-order valence-electron chi connectivity index (χ3n) is 2.04. The maximum Gasteiger partial charge on any atom is 0.323 e. The molecule has 2 amide bonds. The van der Waals surface area contributed by atoms with Crippen LogP contribution in [0.1, 0.15) is 10.9 Å². The molecule has 0 aliphatic carbocycles. The fraction of sp³-hybridized carbons (Fsp3) is 0.250. The molecule has 4 nitrogen and oxygen atoms in total. The molecular formula is C8H9N3OS. The summed E-state index contributed by atoms with van der Waals surface area (Å²) in [5.74, 6) is 0.259. The van der Waals surface area contributed by atoms with Crippen molar-refractivity contribution in [1.82, 2.24) is 10.2 Å². The van der Waals surface area contributed by atoms with Crippen LogP contribution in [0.3, 0.4) is 0 Å². The van der Waals surface area contributed by atoms with Crippen molar-refractivity contribution >= 4 is 23.2 Å². The summed E-state index contributed by atoms with van der Waals surface area (Å²) in [6.45, 7) is 0. The predicted molar refractivity (Wildman–Crippen MR) is 51.1 cm³/mol. The van der Waals surface area contributed by atoms with Crippen LogP contribution >= 0.6 is 11.3 Å². The van der Waals surface area contributed by atoms with E-state index in [9.17, 15) is 4.79 Å². The molecular weight excluding hydrogens is 186 g/mol. The standard InChI is InChI=1S/C8H9N3OS/c1-11-6(5-3-2-4-13-5)7(9)10-8(11)12/h2-4,6H,1H3,(H2,9,10,12). The Bertz CT molecular complexity index is 346. The van der Waals surface area contributed by atoms with Gasteiger partial charge in [-0.25, -0.2) is 4.79 Å². The Morgan fingerprint density at radius 3 is 2.92 bits per heavy atom. The lowest BCUT2D eigenvalue weighted by Crippen LogP contribution is -2.24. The van der Waals surface area contributed by atoms with E-state index >= 15 is 0 Å². The van der Waals surface area contributed by atoms with Gasteiger partial charge in [0.05, 0.1) is 0 Å². The van der Waals surface area contributed by atoms with E-state index in [0.717, 1.165) is 4.88 Å². The molecule has 1 atom stereocenters. The molecule has 1 aromatic rings. The maximum atomic E-state index is 11.2. The molecule has 68 valence electrons. The molecule has 1 saturated heterocycles. The Morgan fingerprint density at radius 2 is 2.46 bits per heavy atom. The smallest absolute Gasteiger partial charge is 0.312 e. The van der Waals surface area contributed by atoms with Crippen LogP contribution < -0.4 is 5.32 Å². The molecule has 2 rings (SSSR count). The van der Waals surface area contributed by atoms with Crippen molar-refractivity contribution in [2.75, 3.05) is 7.05 Å². The maximum absolute atomic E-state index is 11.2. The van der Waals surface area contributed by atoms with Gasteiger partial charge in [0.2, 0.25) is 0 Å². The van der Waals surface area contributed by atoms with Crippen LogP contribution in [0.5, 0.6) is 0 Å². The van der Waals surface area contributed by atoms with Crippen LogP contribution in [0.4, 0.5) is 4.79 Å². The van der Waals surface area contributed by atoms with Crippen LogP contribution in [-0.4, -0.2) is 23.8 Å². The Balaban J connectivity index is 2.34. The van der Waals surface area contributed by atoms with E-state index in [1.165, 1.54) is 4.90 Å². The summed E-state index contributed by atoms with van der Waals surface area (Å²) in [6.07, 6.45) is 0. The highest BCUT2D eigenvalue weighted by atomic mass is 32.1. The zero-order valence-corrected chi connectivity index (χ0v) is 7.89. The van der Waals surface area contributed by atoms with Crippen LogP contribution in [0.2, 0.25) is 0 Å². The fourth-order valence-electron chi connectivity index (χ4n) is 1.36. The van der Waals surface area contributed by atoms with Gasteiger partial charge in [-0.05, 0) is 11.4 Å². The highest BCUT2D eigenvalue weighted by Gasteiger charge is 2.34. The van der Waals surface area contributed by atoms with Gasteiger partial charge in [-0.15, -0.1) is 11.3 Å². The number of hydrogen-bond donors (Lipinski definition) is 2. The third-order valence-corrected chi connectivity index (χ3v) is 2.96. The minimum absolute atomic E-state index is 0.205. The van der Waals surface area contributed by atoms with Gasteiger partial charge in [-0.2, -0.15) is 0 Å². The fourth-order valence-corrected chi connectivity index (χ4v) is 2.24. The molecule has 1 aliphatic heterocycles. The molecule has 0 bridgehead atoms. The van der Waals surface area contributed by atoms with Crippen molar-refractivity contribution in [2.45, 2.75) is 6.04 Å². The van der Waals surface area contributed by atoms with Gasteiger partial charge in [-0.1, -0.05) is 6.07 Å². The van der Waals surface area contributed by atoms with Gasteiger partial charge >= 0.3 is 6.03 Å². The Hall–Kier alpha value is -1.36. The van der Waals surface area contributed by atoms with Gasteiger partial charge in [0.15, 0.2) is 0 Å². The number of nitrogens with zero attached hydrogens (tertiary/aromatic N) is 1. The summed E-state index contributed by atoms with van der Waals surface area (Å²) in [4.78, 5) is 13.7. The molecule has 0 saturated carbocycles. The summed E-state index contributed by atoms with van der Waals surface area (Å²) in [5, 5.41) is 12.0. The Kier molecular flexibility index (Phi) is 1.81. The average molecular weight is 195 g/mol. The van der Waals surface area contributed by atoms with E-state index < -0.39 is 0 Å². The summed E-state index contributed by atoms with van der Waals surface area (Å²) < 4.78 is 0. The van der Waals surface area contributed by atoms with E-state index in [-0.39, 0.29) is 17.9 Å². The van der Waals surface area contributed by atoms with E-state index in [0.29, 0.717) is 0 Å². The van der Waals surface area contributed by atoms with Crippen molar-refractivity contribution in [3.63, 3.8) is 0 Å². The van der Waals surface area contributed by atoms with Crippen LogP contribution in [0.15, 0.2) is 17.5 Å². The number of carbonyl (C=O) groups excluding carboxylic acids is 1. The highest BCUT2D eigenvalue weighted by molar-refractivity contribution is 7.10. The lowest BCUT2D eigenvalue weighted by Gasteiger charge is -2.15. The van der Waals surface area contributed by atoms with Gasteiger partial charge < -0.3 is 4.90 Å². The average Bonchev–Trinajstić information content (AvgIpc) is 2.63. The van der Waals surface area contributed by atoms with Crippen molar-refractivity contribution < 1.29 is 4.79 Å². The molecule has 0 aromatic carbocycles. The minimum atomic E-state index is -0.215. The first-order valence-corrected chi connectivity index (χ1v) is 4.74. The predicted octanol–water partition coefficient (Wildman–Crippen LogP) is 1.42. The van der Waals surface area contributed by atoms with Crippen molar-refractivity contribution in [3.05, 3.63) is 22.4 Å². The lowest BCUT2D eigenvalue weighted by atomic mass is 10.2. The summed E-state index contributed by atoms with van der Waals surface area (Å²) in [5.41, 5.74) is 0. The monoisotopic (exact) mass is 195 g/mol. The molecule has 0 spiro atoms. The molecule has 0 radical (unpaired) electrons. The van der Waals surface area contributed by atoms with Gasteiger partial charge in [-0.3, -0.25) is 10.7 Å². The number of nitrogens with one attached hydrogen (secondary N) is 2. The van der Waals surface area contributed by atoms with E-state index in [1.807, 2.05) is 17.5 Å². The lowest BCUT2D eigenvalue weighted by molar-refractivity contribution is 0.218. The van der Waals surface area contributed by atoms with Crippen molar-refractivity contribution in [1.29, 1.82) is 5.41 Å². The number of urea groups is 1. The van der Waals surface area contributed by atoms with E-state index in [2.05, 4.69) is 5.32 Å². The Morgan fingerprint density at radius 1 is 1.69 bits per heavy atom. The first kappa shape index (κ1) is 8.25. The van der Waals surface area contributed by atoms with Gasteiger partial charge in [0, 0.05) is 11.9 Å². The number of rotatable bonds is 1. The first-order chi connectivity index (χ1) is 6.20. The summed E-state index contributed by atoms with van der Waals surface area (Å²) >= 11 is 1.55. The van der Waals surface area contributed by atoms with Gasteiger partial charge in [0.25, 0.3) is 0 Å². The number of likely N-dealkylation sites (N-methyl/N-ethyl adjacent to an activating group) is 1. The largest absolute Gasteiger partial charge is 0.323 e.